The third-order valence-corrected chi connectivity index (χ3v) is 11.2. The maximum atomic E-state index is 12.8. The van der Waals surface area contributed by atoms with Gasteiger partial charge < -0.3 is 14.2 Å². The summed E-state index contributed by atoms with van der Waals surface area (Å²) in [5, 5.41) is 0. The van der Waals surface area contributed by atoms with Gasteiger partial charge in [0.05, 0.1) is 6.61 Å². The van der Waals surface area contributed by atoms with Crippen molar-refractivity contribution in [2.45, 2.75) is 258 Å². The van der Waals surface area contributed by atoms with Crippen LogP contribution in [-0.2, 0) is 23.8 Å². The van der Waals surface area contributed by atoms with Gasteiger partial charge in [-0.2, -0.15) is 0 Å². The first-order valence-electron chi connectivity index (χ1n) is 26.5. The minimum Gasteiger partial charge on any atom is -0.462 e. The average molecular weight is 865 g/mol. The molecule has 5 heteroatoms. The Labute approximate surface area is 385 Å². The molecule has 0 aromatic carbocycles. The van der Waals surface area contributed by atoms with Gasteiger partial charge in [0.15, 0.2) is 6.10 Å². The molecule has 0 amide bonds. The summed E-state index contributed by atoms with van der Waals surface area (Å²) in [6.07, 6.45) is 67.7. The number of unbranched alkanes of at least 4 members (excludes halogenated alkanes) is 25. The molecule has 0 aliphatic carbocycles. The van der Waals surface area contributed by atoms with E-state index in [1.165, 1.54) is 148 Å². The quantitative estimate of drug-likeness (QED) is 0.0346. The largest absolute Gasteiger partial charge is 0.462 e. The molecule has 0 radical (unpaired) electrons. The van der Waals surface area contributed by atoms with E-state index in [0.29, 0.717) is 19.4 Å². The van der Waals surface area contributed by atoms with Crippen LogP contribution in [0.1, 0.15) is 252 Å². The molecule has 0 aliphatic rings. The summed E-state index contributed by atoms with van der Waals surface area (Å²) < 4.78 is 17.4. The molecule has 0 heterocycles. The Morgan fingerprint density at radius 3 is 1.23 bits per heavy atom. The van der Waals surface area contributed by atoms with E-state index >= 15 is 0 Å². The van der Waals surface area contributed by atoms with Crippen molar-refractivity contribution in [3.8, 4) is 0 Å². The summed E-state index contributed by atoms with van der Waals surface area (Å²) in [4.78, 5) is 25.4. The fourth-order valence-electron chi connectivity index (χ4n) is 7.31. The lowest BCUT2D eigenvalue weighted by atomic mass is 10.0. The molecule has 62 heavy (non-hydrogen) atoms. The van der Waals surface area contributed by atoms with Gasteiger partial charge in [-0.3, -0.25) is 9.59 Å². The van der Waals surface area contributed by atoms with Gasteiger partial charge >= 0.3 is 11.9 Å². The monoisotopic (exact) mass is 865 g/mol. The Bertz CT molecular complexity index is 1110. The minimum absolute atomic E-state index is 0.0607. The second-order valence-electron chi connectivity index (χ2n) is 17.4. The van der Waals surface area contributed by atoms with Crippen LogP contribution in [0.4, 0.5) is 0 Å². The van der Waals surface area contributed by atoms with Crippen molar-refractivity contribution in [2.75, 3.05) is 19.8 Å². The van der Waals surface area contributed by atoms with E-state index in [0.717, 1.165) is 70.6 Å². The molecule has 0 saturated carbocycles. The van der Waals surface area contributed by atoms with Crippen molar-refractivity contribution in [1.29, 1.82) is 0 Å². The van der Waals surface area contributed by atoms with E-state index in [1.54, 1.807) is 0 Å². The Morgan fingerprint density at radius 2 is 0.742 bits per heavy atom. The number of carbonyl (C=O) groups excluding carboxylic acids is 2. The van der Waals surface area contributed by atoms with Crippen molar-refractivity contribution in [1.82, 2.24) is 0 Å². The molecule has 1 atom stereocenters. The highest BCUT2D eigenvalue weighted by atomic mass is 16.6. The Balaban J connectivity index is 4.37. The van der Waals surface area contributed by atoms with Crippen molar-refractivity contribution in [2.24, 2.45) is 0 Å². The lowest BCUT2D eigenvalue weighted by Crippen LogP contribution is -2.30. The van der Waals surface area contributed by atoms with Gasteiger partial charge in [-0.25, -0.2) is 0 Å². The molecule has 0 unspecified atom stereocenters. The van der Waals surface area contributed by atoms with E-state index in [2.05, 4.69) is 93.7 Å². The van der Waals surface area contributed by atoms with Gasteiger partial charge in [0.1, 0.15) is 6.61 Å². The first kappa shape index (κ1) is 59.3. The summed E-state index contributed by atoms with van der Waals surface area (Å²) in [6.45, 7) is 7.66. The SMILES string of the molecule is CC/C=C\C/C=C\C/C=C\C/C=C\C/C=C\CCCC(=O)O[C@H](COCCCCCCCC/C=C\CCCCCCCC)COC(=O)CCCCCCCCCCCCCCC. The van der Waals surface area contributed by atoms with Crippen LogP contribution in [0.3, 0.4) is 0 Å². The Morgan fingerprint density at radius 1 is 0.371 bits per heavy atom. The minimum atomic E-state index is -0.569. The zero-order valence-corrected chi connectivity index (χ0v) is 41.1. The van der Waals surface area contributed by atoms with Crippen molar-refractivity contribution in [3.63, 3.8) is 0 Å². The van der Waals surface area contributed by atoms with Gasteiger partial charge in [-0.05, 0) is 83.5 Å². The van der Waals surface area contributed by atoms with E-state index in [1.807, 2.05) is 0 Å². The number of hydrogen-bond acceptors (Lipinski definition) is 5. The third kappa shape index (κ3) is 50.0. The first-order valence-corrected chi connectivity index (χ1v) is 26.5. The molecule has 0 aromatic heterocycles. The third-order valence-electron chi connectivity index (χ3n) is 11.2. The number of hydrogen-bond donors (Lipinski definition) is 0. The number of rotatable bonds is 48. The van der Waals surface area contributed by atoms with Crippen LogP contribution >= 0.6 is 0 Å². The highest BCUT2D eigenvalue weighted by Crippen LogP contribution is 2.14. The number of allylic oxidation sites excluding steroid dienone is 12. The van der Waals surface area contributed by atoms with Crippen LogP contribution in [-0.4, -0.2) is 37.9 Å². The first-order chi connectivity index (χ1) is 30.6. The fraction of sp³-hybridized carbons (Fsp3) is 0.754. The summed E-state index contributed by atoms with van der Waals surface area (Å²) >= 11 is 0. The summed E-state index contributed by atoms with van der Waals surface area (Å²) in [5.74, 6) is -0.462. The predicted molar refractivity (Wildman–Crippen MR) is 270 cm³/mol. The zero-order chi connectivity index (χ0) is 44.9. The Hall–Kier alpha value is -2.66. The number of ether oxygens (including phenoxy) is 3. The van der Waals surface area contributed by atoms with Gasteiger partial charge in [-0.15, -0.1) is 0 Å². The molecule has 0 fully saturated rings. The van der Waals surface area contributed by atoms with Crippen LogP contribution in [0.2, 0.25) is 0 Å². The molecule has 0 bridgehead atoms. The lowest BCUT2D eigenvalue weighted by Gasteiger charge is -2.18. The molecule has 0 N–H and O–H groups in total. The van der Waals surface area contributed by atoms with Crippen molar-refractivity contribution >= 4 is 11.9 Å². The lowest BCUT2D eigenvalue weighted by molar-refractivity contribution is -0.162. The predicted octanol–water partition coefficient (Wildman–Crippen LogP) is 17.9. The van der Waals surface area contributed by atoms with E-state index in [4.69, 9.17) is 14.2 Å². The van der Waals surface area contributed by atoms with Crippen molar-refractivity contribution in [3.05, 3.63) is 72.9 Å². The topological polar surface area (TPSA) is 61.8 Å². The van der Waals surface area contributed by atoms with Crippen LogP contribution in [0.25, 0.3) is 0 Å². The second-order valence-corrected chi connectivity index (χ2v) is 17.4. The fourth-order valence-corrected chi connectivity index (χ4v) is 7.31. The highest BCUT2D eigenvalue weighted by Gasteiger charge is 2.17. The standard InChI is InChI=1S/C57H100O5/c1-4-7-10-13-16-19-22-25-27-29-30-33-36-39-42-45-48-51-57(59)62-55(54-61-56(58)50-47-44-41-38-35-32-24-21-18-15-12-9-6-3)53-60-52-49-46-43-40-37-34-31-28-26-23-20-17-14-11-8-5-2/h7,10,16,19,25-28,30,33,39,42,55H,4-6,8-9,11-15,17-18,20-24,29,31-32,34-38,40-41,43-54H2,1-3H3/b10-7-,19-16-,27-25-,28-26-,33-30-,42-39-/t55-/m1/s1. The molecular weight excluding hydrogens is 765 g/mol. The molecule has 0 rings (SSSR count). The summed E-state index contributed by atoms with van der Waals surface area (Å²) in [5.41, 5.74) is 0. The second kappa shape index (κ2) is 52.7. The van der Waals surface area contributed by atoms with E-state index < -0.39 is 6.10 Å². The van der Waals surface area contributed by atoms with Crippen molar-refractivity contribution < 1.29 is 23.8 Å². The van der Waals surface area contributed by atoms with Crippen LogP contribution < -0.4 is 0 Å². The van der Waals surface area contributed by atoms with E-state index in [-0.39, 0.29) is 25.2 Å². The normalized spacial score (nSPS) is 12.8. The molecule has 5 nitrogen and oxygen atoms in total. The molecular formula is C57H100O5. The smallest absolute Gasteiger partial charge is 0.306 e. The molecule has 0 aromatic rings. The molecule has 0 saturated heterocycles. The van der Waals surface area contributed by atoms with Crippen LogP contribution in [0, 0.1) is 0 Å². The highest BCUT2D eigenvalue weighted by molar-refractivity contribution is 5.70. The average Bonchev–Trinajstić information content (AvgIpc) is 3.27. The van der Waals surface area contributed by atoms with Gasteiger partial charge in [-0.1, -0.05) is 229 Å². The number of carbonyl (C=O) groups is 2. The summed E-state index contributed by atoms with van der Waals surface area (Å²) in [6, 6.07) is 0. The van der Waals surface area contributed by atoms with Gasteiger partial charge in [0.2, 0.25) is 0 Å². The van der Waals surface area contributed by atoms with Crippen LogP contribution in [0.5, 0.6) is 0 Å². The Kier molecular flexibility index (Phi) is 50.4. The van der Waals surface area contributed by atoms with E-state index in [9.17, 15) is 9.59 Å². The summed E-state index contributed by atoms with van der Waals surface area (Å²) in [7, 11) is 0. The van der Waals surface area contributed by atoms with Gasteiger partial charge in [0, 0.05) is 19.4 Å². The molecule has 0 aliphatic heterocycles. The molecule has 358 valence electrons. The zero-order valence-electron chi connectivity index (χ0n) is 41.1. The van der Waals surface area contributed by atoms with Crippen LogP contribution in [0.15, 0.2) is 72.9 Å². The maximum absolute atomic E-state index is 12.8. The molecule has 0 spiro atoms. The number of esters is 2. The maximum Gasteiger partial charge on any atom is 0.306 e. The van der Waals surface area contributed by atoms with Gasteiger partial charge in [0.25, 0.3) is 0 Å².